The summed E-state index contributed by atoms with van der Waals surface area (Å²) in [5.41, 5.74) is 3.65. The summed E-state index contributed by atoms with van der Waals surface area (Å²) in [6, 6.07) is 19.3. The molecule has 4 aromatic rings. The van der Waals surface area contributed by atoms with E-state index >= 15 is 0 Å². The highest BCUT2D eigenvalue weighted by Gasteiger charge is 2.22. The molecule has 0 unspecified atom stereocenters. The third-order valence-corrected chi connectivity index (χ3v) is 6.58. The average molecular weight is 450 g/mol. The molecule has 1 N–H and O–H groups in total. The minimum Gasteiger partial charge on any atom is -0.460 e. The summed E-state index contributed by atoms with van der Waals surface area (Å²) in [5.74, 6) is -0.114. The summed E-state index contributed by atoms with van der Waals surface area (Å²) in [7, 11) is -3.79. The van der Waals surface area contributed by atoms with Crippen molar-refractivity contribution in [2.45, 2.75) is 32.3 Å². The predicted molar refractivity (Wildman–Crippen MR) is 123 cm³/mol. The first-order chi connectivity index (χ1) is 15.2. The first-order valence-corrected chi connectivity index (χ1v) is 11.6. The Morgan fingerprint density at radius 1 is 0.969 bits per heavy atom. The van der Waals surface area contributed by atoms with E-state index in [0.29, 0.717) is 28.0 Å². The summed E-state index contributed by atoms with van der Waals surface area (Å²) in [6.07, 6.45) is 0. The Hall–Kier alpha value is -3.58. The van der Waals surface area contributed by atoms with Gasteiger partial charge in [-0.2, -0.15) is 0 Å². The standard InChI is InChI=1S/C25H23NO5S/c1-16-9-11-20(12-10-16)32(28,29)26-22-14-21-23(13-17(22)2)31-18(3)24(21)25(27)30-15-19-7-5-4-6-8-19/h4-14,26H,15H2,1-3H3. The van der Waals surface area contributed by atoms with Gasteiger partial charge in [0.05, 0.1) is 10.6 Å². The molecular formula is C25H23NO5S. The van der Waals surface area contributed by atoms with Crippen LogP contribution in [0, 0.1) is 20.8 Å². The number of fused-ring (bicyclic) bond motifs is 1. The van der Waals surface area contributed by atoms with Crippen molar-refractivity contribution >= 4 is 32.6 Å². The minimum atomic E-state index is -3.79. The highest BCUT2D eigenvalue weighted by molar-refractivity contribution is 7.92. The molecule has 32 heavy (non-hydrogen) atoms. The molecule has 0 atom stereocenters. The maximum absolute atomic E-state index is 12.9. The van der Waals surface area contributed by atoms with Crippen molar-refractivity contribution in [3.8, 4) is 0 Å². The number of nitrogens with one attached hydrogen (secondary N) is 1. The van der Waals surface area contributed by atoms with Crippen LogP contribution in [0.5, 0.6) is 0 Å². The third-order valence-electron chi connectivity index (χ3n) is 5.20. The van der Waals surface area contributed by atoms with E-state index in [4.69, 9.17) is 9.15 Å². The molecule has 0 bridgehead atoms. The number of anilines is 1. The molecule has 0 aliphatic rings. The van der Waals surface area contributed by atoms with E-state index < -0.39 is 16.0 Å². The van der Waals surface area contributed by atoms with E-state index in [0.717, 1.165) is 11.1 Å². The molecule has 0 spiro atoms. The Morgan fingerprint density at radius 2 is 1.66 bits per heavy atom. The van der Waals surface area contributed by atoms with Crippen LogP contribution < -0.4 is 4.72 Å². The molecular weight excluding hydrogens is 426 g/mol. The van der Waals surface area contributed by atoms with Gasteiger partial charge < -0.3 is 9.15 Å². The van der Waals surface area contributed by atoms with Crippen LogP contribution in [0.4, 0.5) is 5.69 Å². The number of sulfonamides is 1. The lowest BCUT2D eigenvalue weighted by Gasteiger charge is -2.11. The van der Waals surface area contributed by atoms with Crippen molar-refractivity contribution in [3.05, 3.63) is 94.7 Å². The smallest absolute Gasteiger partial charge is 0.342 e. The molecule has 0 aliphatic heterocycles. The Bertz CT molecular complexity index is 1390. The molecule has 6 nitrogen and oxygen atoms in total. The van der Waals surface area contributed by atoms with Crippen LogP contribution in [0.2, 0.25) is 0 Å². The first kappa shape index (κ1) is 21.6. The number of ether oxygens (including phenoxy) is 1. The van der Waals surface area contributed by atoms with E-state index in [1.807, 2.05) is 37.3 Å². The van der Waals surface area contributed by atoms with Gasteiger partial charge in [0, 0.05) is 5.39 Å². The molecule has 0 amide bonds. The van der Waals surface area contributed by atoms with Crippen molar-refractivity contribution in [2.24, 2.45) is 0 Å². The van der Waals surface area contributed by atoms with Crippen LogP contribution in [-0.4, -0.2) is 14.4 Å². The van der Waals surface area contributed by atoms with Gasteiger partial charge in [-0.3, -0.25) is 4.72 Å². The Balaban J connectivity index is 1.66. The van der Waals surface area contributed by atoms with Crippen molar-refractivity contribution in [1.82, 2.24) is 0 Å². The lowest BCUT2D eigenvalue weighted by atomic mass is 10.1. The Morgan fingerprint density at radius 3 is 2.34 bits per heavy atom. The van der Waals surface area contributed by atoms with Crippen LogP contribution in [-0.2, 0) is 21.4 Å². The maximum atomic E-state index is 12.9. The molecule has 7 heteroatoms. The zero-order valence-corrected chi connectivity index (χ0v) is 18.8. The molecule has 0 fully saturated rings. The number of hydrogen-bond donors (Lipinski definition) is 1. The normalized spacial score (nSPS) is 11.5. The van der Waals surface area contributed by atoms with Gasteiger partial charge in [0.1, 0.15) is 23.5 Å². The fourth-order valence-corrected chi connectivity index (χ4v) is 4.57. The van der Waals surface area contributed by atoms with Crippen molar-refractivity contribution in [1.29, 1.82) is 0 Å². The summed E-state index contributed by atoms with van der Waals surface area (Å²) >= 11 is 0. The number of esters is 1. The van der Waals surface area contributed by atoms with E-state index in [2.05, 4.69) is 4.72 Å². The Kier molecular flexibility index (Phi) is 5.76. The van der Waals surface area contributed by atoms with Crippen LogP contribution in [0.15, 0.2) is 76.0 Å². The number of rotatable bonds is 6. The van der Waals surface area contributed by atoms with Crippen molar-refractivity contribution < 1.29 is 22.4 Å². The maximum Gasteiger partial charge on any atom is 0.342 e. The molecule has 1 aromatic heterocycles. The predicted octanol–water partition coefficient (Wildman–Crippen LogP) is 5.52. The fourth-order valence-electron chi connectivity index (χ4n) is 3.45. The number of carbonyl (C=O) groups excluding carboxylic acids is 1. The summed E-state index contributed by atoms with van der Waals surface area (Å²) in [6.45, 7) is 5.48. The Labute approximate surface area is 186 Å². The largest absolute Gasteiger partial charge is 0.460 e. The number of furan rings is 1. The molecule has 0 aliphatic carbocycles. The minimum absolute atomic E-state index is 0.130. The van der Waals surface area contributed by atoms with Gasteiger partial charge in [0.2, 0.25) is 0 Å². The monoisotopic (exact) mass is 449 g/mol. The summed E-state index contributed by atoms with van der Waals surface area (Å²) < 4.78 is 39.6. The van der Waals surface area contributed by atoms with Crippen molar-refractivity contribution in [3.63, 3.8) is 0 Å². The first-order valence-electron chi connectivity index (χ1n) is 10.1. The average Bonchev–Trinajstić information content (AvgIpc) is 3.07. The van der Waals surface area contributed by atoms with Gasteiger partial charge in [-0.15, -0.1) is 0 Å². The SMILES string of the molecule is Cc1ccc(S(=O)(=O)Nc2cc3c(C(=O)OCc4ccccc4)c(C)oc3cc2C)cc1. The van der Waals surface area contributed by atoms with Gasteiger partial charge in [0.15, 0.2) is 0 Å². The van der Waals surface area contributed by atoms with Gasteiger partial charge in [-0.1, -0.05) is 48.0 Å². The molecule has 0 radical (unpaired) electrons. The molecule has 164 valence electrons. The second-order valence-electron chi connectivity index (χ2n) is 7.68. The van der Waals surface area contributed by atoms with E-state index in [1.54, 1.807) is 50.2 Å². The molecule has 1 heterocycles. The van der Waals surface area contributed by atoms with Gasteiger partial charge in [-0.05, 0) is 56.2 Å². The van der Waals surface area contributed by atoms with Gasteiger partial charge in [0.25, 0.3) is 10.0 Å². The number of benzene rings is 3. The lowest BCUT2D eigenvalue weighted by molar-refractivity contribution is 0.0473. The second kappa shape index (κ2) is 8.51. The lowest BCUT2D eigenvalue weighted by Crippen LogP contribution is -2.14. The van der Waals surface area contributed by atoms with Crippen LogP contribution in [0.3, 0.4) is 0 Å². The van der Waals surface area contributed by atoms with E-state index in [9.17, 15) is 13.2 Å². The zero-order valence-electron chi connectivity index (χ0n) is 18.0. The van der Waals surface area contributed by atoms with Crippen LogP contribution in [0.25, 0.3) is 11.0 Å². The zero-order chi connectivity index (χ0) is 22.9. The van der Waals surface area contributed by atoms with E-state index in [1.165, 1.54) is 0 Å². The molecule has 0 saturated heterocycles. The number of carbonyl (C=O) groups is 1. The van der Waals surface area contributed by atoms with Gasteiger partial charge in [-0.25, -0.2) is 13.2 Å². The van der Waals surface area contributed by atoms with Crippen molar-refractivity contribution in [2.75, 3.05) is 4.72 Å². The highest BCUT2D eigenvalue weighted by atomic mass is 32.2. The quantitative estimate of drug-likeness (QED) is 0.392. The number of hydrogen-bond acceptors (Lipinski definition) is 5. The molecule has 0 saturated carbocycles. The molecule has 4 rings (SSSR count). The summed E-state index contributed by atoms with van der Waals surface area (Å²) in [5, 5.41) is 0.493. The second-order valence-corrected chi connectivity index (χ2v) is 9.36. The highest BCUT2D eigenvalue weighted by Crippen LogP contribution is 2.32. The van der Waals surface area contributed by atoms with Gasteiger partial charge >= 0.3 is 5.97 Å². The van der Waals surface area contributed by atoms with Crippen LogP contribution in [0.1, 0.15) is 32.8 Å². The third kappa shape index (κ3) is 4.38. The van der Waals surface area contributed by atoms with Crippen LogP contribution >= 0.6 is 0 Å². The number of aryl methyl sites for hydroxylation is 3. The molecule has 3 aromatic carbocycles. The van der Waals surface area contributed by atoms with E-state index in [-0.39, 0.29) is 17.1 Å². The topological polar surface area (TPSA) is 85.6 Å². The summed E-state index contributed by atoms with van der Waals surface area (Å²) in [4.78, 5) is 13.0. The fraction of sp³-hybridized carbons (Fsp3) is 0.160.